The summed E-state index contributed by atoms with van der Waals surface area (Å²) in [6.45, 7) is 4.26. The highest BCUT2D eigenvalue weighted by Crippen LogP contribution is 2.19. The number of hydrogen-bond donors (Lipinski definition) is 0. The minimum Gasteiger partial charge on any atom is -0.454 e. The zero-order chi connectivity index (χ0) is 22.6. The Morgan fingerprint density at radius 1 is 1.10 bits per heavy atom. The Labute approximate surface area is 186 Å². The molecule has 3 aromatic rings. The Morgan fingerprint density at radius 3 is 2.55 bits per heavy atom. The van der Waals surface area contributed by atoms with Crippen LogP contribution < -0.4 is 0 Å². The molecule has 0 aliphatic heterocycles. The molecule has 0 fully saturated rings. The largest absolute Gasteiger partial charge is 0.454 e. The molecule has 8 heteroatoms. The van der Waals surface area contributed by atoms with E-state index in [1.165, 1.54) is 17.0 Å². The molecule has 0 amide bonds. The fourth-order valence-corrected chi connectivity index (χ4v) is 4.97. The van der Waals surface area contributed by atoms with E-state index in [1.807, 2.05) is 31.4 Å². The molecule has 0 aliphatic carbocycles. The normalized spacial score (nSPS) is 11.5. The first kappa shape index (κ1) is 23.0. The number of carbonyl (C=O) groups excluding carboxylic acids is 2. The van der Waals surface area contributed by atoms with Crippen LogP contribution in [0.1, 0.15) is 42.5 Å². The van der Waals surface area contributed by atoms with Gasteiger partial charge in [0.05, 0.1) is 11.3 Å². The molecule has 0 spiro atoms. The highest BCUT2D eigenvalue weighted by atomic mass is 32.2. The first-order chi connectivity index (χ1) is 14.6. The van der Waals surface area contributed by atoms with Gasteiger partial charge in [0.2, 0.25) is 5.78 Å². The van der Waals surface area contributed by atoms with Crippen LogP contribution in [0.2, 0.25) is 0 Å². The average Bonchev–Trinajstić information content (AvgIpc) is 3.31. The maximum atomic E-state index is 12.7. The van der Waals surface area contributed by atoms with E-state index in [1.54, 1.807) is 23.5 Å². The van der Waals surface area contributed by atoms with E-state index in [9.17, 15) is 18.0 Å². The van der Waals surface area contributed by atoms with Crippen LogP contribution >= 0.6 is 11.3 Å². The number of esters is 1. The zero-order valence-electron chi connectivity index (χ0n) is 17.8. The summed E-state index contributed by atoms with van der Waals surface area (Å²) in [4.78, 5) is 26.3. The summed E-state index contributed by atoms with van der Waals surface area (Å²) in [7, 11) is -3.22. The molecular formula is C23H25NO5S2. The fourth-order valence-electron chi connectivity index (χ4n) is 3.49. The summed E-state index contributed by atoms with van der Waals surface area (Å²) in [5.41, 5.74) is 3.10. The number of Topliss-reactive ketones (excluding diaryl/α,β-unsaturated/α-hetero) is 1. The van der Waals surface area contributed by atoms with E-state index in [2.05, 4.69) is 10.6 Å². The molecule has 0 aliphatic rings. The van der Waals surface area contributed by atoms with Crippen molar-refractivity contribution in [1.82, 2.24) is 4.57 Å². The number of aromatic nitrogens is 1. The quantitative estimate of drug-likeness (QED) is 0.357. The highest BCUT2D eigenvalue weighted by molar-refractivity contribution is 7.89. The molecule has 0 radical (unpaired) electrons. The minimum absolute atomic E-state index is 0.162. The van der Waals surface area contributed by atoms with E-state index in [0.29, 0.717) is 11.1 Å². The van der Waals surface area contributed by atoms with Crippen molar-refractivity contribution in [2.45, 2.75) is 32.6 Å². The van der Waals surface area contributed by atoms with Crippen LogP contribution in [0.3, 0.4) is 0 Å². The molecule has 3 rings (SSSR count). The van der Waals surface area contributed by atoms with Crippen LogP contribution in [-0.4, -0.2) is 37.6 Å². The van der Waals surface area contributed by atoms with Crippen molar-refractivity contribution in [3.8, 4) is 0 Å². The second-order valence-corrected chi connectivity index (χ2v) is 10.7. The van der Waals surface area contributed by atoms with Crippen LogP contribution in [0.15, 0.2) is 47.8 Å². The van der Waals surface area contributed by atoms with E-state index < -0.39 is 15.8 Å². The molecule has 0 saturated heterocycles. The van der Waals surface area contributed by atoms with Crippen molar-refractivity contribution >= 4 is 32.9 Å². The van der Waals surface area contributed by atoms with Gasteiger partial charge in [0.15, 0.2) is 16.4 Å². The van der Waals surface area contributed by atoms with Crippen molar-refractivity contribution in [3.63, 3.8) is 0 Å². The Morgan fingerprint density at radius 2 is 1.87 bits per heavy atom. The molecule has 164 valence electrons. The first-order valence-electron chi connectivity index (χ1n) is 9.80. The number of hydrogen-bond acceptors (Lipinski definition) is 6. The standard InChI is InChI=1S/C23H25NO5S2/c1-16-12-21(17(2)24(16)10-9-20-8-5-11-30-20)22(25)14-29-23(26)19-7-4-6-18(13-19)15-31(3,27)28/h4-8,11-13H,9-10,14-15H2,1-3H3. The average molecular weight is 460 g/mol. The second-order valence-electron chi connectivity index (χ2n) is 7.54. The van der Waals surface area contributed by atoms with Gasteiger partial charge in [-0.3, -0.25) is 4.79 Å². The van der Waals surface area contributed by atoms with E-state index in [4.69, 9.17) is 4.74 Å². The monoisotopic (exact) mass is 459 g/mol. The number of nitrogens with zero attached hydrogens (tertiary/aromatic N) is 1. The van der Waals surface area contributed by atoms with Gasteiger partial charge in [-0.15, -0.1) is 11.3 Å². The van der Waals surface area contributed by atoms with Gasteiger partial charge in [-0.05, 0) is 55.5 Å². The number of aryl methyl sites for hydroxylation is 2. The molecule has 0 saturated carbocycles. The highest BCUT2D eigenvalue weighted by Gasteiger charge is 2.18. The van der Waals surface area contributed by atoms with Crippen LogP contribution in [-0.2, 0) is 33.3 Å². The summed E-state index contributed by atoms with van der Waals surface area (Å²) in [5, 5.41) is 2.05. The summed E-state index contributed by atoms with van der Waals surface area (Å²) >= 11 is 1.71. The Hall–Kier alpha value is -2.71. The van der Waals surface area contributed by atoms with Gasteiger partial charge >= 0.3 is 5.97 Å². The van der Waals surface area contributed by atoms with Gasteiger partial charge in [0.25, 0.3) is 0 Å². The zero-order valence-corrected chi connectivity index (χ0v) is 19.4. The predicted octanol–water partition coefficient (Wildman–Crippen LogP) is 3.99. The smallest absolute Gasteiger partial charge is 0.338 e. The number of thiophene rings is 1. The molecule has 2 aromatic heterocycles. The third-order valence-corrected chi connectivity index (χ3v) is 6.76. The van der Waals surface area contributed by atoms with Crippen LogP contribution in [0, 0.1) is 13.8 Å². The van der Waals surface area contributed by atoms with Crippen molar-refractivity contribution < 1.29 is 22.7 Å². The molecule has 6 nitrogen and oxygen atoms in total. The topological polar surface area (TPSA) is 82.4 Å². The number of ketones is 1. The van der Waals surface area contributed by atoms with Crippen LogP contribution in [0.4, 0.5) is 0 Å². The van der Waals surface area contributed by atoms with Gasteiger partial charge in [0, 0.05) is 34.6 Å². The Kier molecular flexibility index (Phi) is 7.12. The number of benzene rings is 1. The lowest BCUT2D eigenvalue weighted by Crippen LogP contribution is -2.15. The molecule has 0 N–H and O–H groups in total. The lowest BCUT2D eigenvalue weighted by atomic mass is 10.1. The van der Waals surface area contributed by atoms with Gasteiger partial charge < -0.3 is 9.30 Å². The summed E-state index contributed by atoms with van der Waals surface area (Å²) < 4.78 is 30.2. The van der Waals surface area contributed by atoms with Gasteiger partial charge in [-0.1, -0.05) is 18.2 Å². The third-order valence-electron chi connectivity index (χ3n) is 4.96. The van der Waals surface area contributed by atoms with Crippen molar-refractivity contribution in [2.24, 2.45) is 0 Å². The summed E-state index contributed by atoms with van der Waals surface area (Å²) in [6, 6.07) is 12.2. The molecule has 1 aromatic carbocycles. The maximum Gasteiger partial charge on any atom is 0.338 e. The van der Waals surface area contributed by atoms with Gasteiger partial charge in [0.1, 0.15) is 0 Å². The van der Waals surface area contributed by atoms with Crippen molar-refractivity contribution in [1.29, 1.82) is 0 Å². The van der Waals surface area contributed by atoms with Crippen molar-refractivity contribution in [3.05, 3.63) is 80.8 Å². The van der Waals surface area contributed by atoms with E-state index in [0.717, 1.165) is 30.6 Å². The summed E-state index contributed by atoms with van der Waals surface area (Å²) in [6.07, 6.45) is 2.02. The first-order valence-corrected chi connectivity index (χ1v) is 12.7. The fraction of sp³-hybridized carbons (Fsp3) is 0.304. The third kappa shape index (κ3) is 6.15. The molecule has 0 atom stereocenters. The van der Waals surface area contributed by atoms with E-state index >= 15 is 0 Å². The van der Waals surface area contributed by atoms with E-state index in [-0.39, 0.29) is 23.7 Å². The molecule has 2 heterocycles. The number of sulfone groups is 1. The van der Waals surface area contributed by atoms with Gasteiger partial charge in [-0.2, -0.15) is 0 Å². The SMILES string of the molecule is Cc1cc(C(=O)COC(=O)c2cccc(CS(C)(=O)=O)c2)c(C)n1CCc1cccs1. The molecule has 31 heavy (non-hydrogen) atoms. The molecule has 0 unspecified atom stereocenters. The number of ether oxygens (including phenoxy) is 1. The Balaban J connectivity index is 1.63. The lowest BCUT2D eigenvalue weighted by molar-refractivity contribution is 0.0474. The lowest BCUT2D eigenvalue weighted by Gasteiger charge is -2.09. The molecular weight excluding hydrogens is 434 g/mol. The minimum atomic E-state index is -3.22. The Bertz CT molecular complexity index is 1190. The summed E-state index contributed by atoms with van der Waals surface area (Å²) in [5.74, 6) is -1.09. The van der Waals surface area contributed by atoms with Gasteiger partial charge in [-0.25, -0.2) is 13.2 Å². The number of carbonyl (C=O) groups is 2. The van der Waals surface area contributed by atoms with Crippen LogP contribution in [0.5, 0.6) is 0 Å². The number of rotatable bonds is 9. The predicted molar refractivity (Wildman–Crippen MR) is 122 cm³/mol. The second kappa shape index (κ2) is 9.62. The maximum absolute atomic E-state index is 12.7. The van der Waals surface area contributed by atoms with Crippen molar-refractivity contribution in [2.75, 3.05) is 12.9 Å². The van der Waals surface area contributed by atoms with Crippen LogP contribution in [0.25, 0.3) is 0 Å². The molecule has 0 bridgehead atoms.